The molecule has 0 fully saturated rings. The SMILES string of the molecule is Cc1cc(N2CC(c3cc(Cl)cc(Cl)c3)(C(F)(F)F)C=N2)ccc1C(=O)N(C)CC(=O)NCC(F)(F)F. The van der Waals surface area contributed by atoms with Crippen LogP contribution in [0.3, 0.4) is 0 Å². The lowest BCUT2D eigenvalue weighted by Crippen LogP contribution is -2.47. The molecule has 1 aliphatic rings. The van der Waals surface area contributed by atoms with Gasteiger partial charge in [0.05, 0.1) is 18.8 Å². The summed E-state index contributed by atoms with van der Waals surface area (Å²) >= 11 is 11.9. The number of hydrogen-bond acceptors (Lipinski definition) is 4. The molecule has 0 bridgehead atoms. The van der Waals surface area contributed by atoms with E-state index in [-0.39, 0.29) is 26.9 Å². The Morgan fingerprint density at radius 1 is 1.08 bits per heavy atom. The first-order chi connectivity index (χ1) is 17.0. The quantitative estimate of drug-likeness (QED) is 0.477. The summed E-state index contributed by atoms with van der Waals surface area (Å²) in [5, 5.41) is 6.82. The molecule has 37 heavy (non-hydrogen) atoms. The molecule has 1 heterocycles. The van der Waals surface area contributed by atoms with Gasteiger partial charge in [0, 0.05) is 28.9 Å². The molecule has 0 radical (unpaired) electrons. The number of alkyl halides is 6. The molecule has 200 valence electrons. The Morgan fingerprint density at radius 2 is 1.70 bits per heavy atom. The van der Waals surface area contributed by atoms with Crippen LogP contribution in [0.4, 0.5) is 32.0 Å². The van der Waals surface area contributed by atoms with Gasteiger partial charge in [0.15, 0.2) is 0 Å². The van der Waals surface area contributed by atoms with Crippen LogP contribution in [0, 0.1) is 6.92 Å². The van der Waals surface area contributed by atoms with E-state index >= 15 is 0 Å². The lowest BCUT2D eigenvalue weighted by molar-refractivity contribution is -0.164. The van der Waals surface area contributed by atoms with Gasteiger partial charge in [-0.2, -0.15) is 31.4 Å². The number of likely N-dealkylation sites (N-methyl/N-ethyl adjacent to an activating group) is 1. The number of carbonyl (C=O) groups excluding carboxylic acids is 2. The van der Waals surface area contributed by atoms with Crippen LogP contribution in [-0.2, 0) is 10.2 Å². The van der Waals surface area contributed by atoms with Crippen molar-refractivity contribution in [3.63, 3.8) is 0 Å². The Hall–Kier alpha value is -2.99. The van der Waals surface area contributed by atoms with Gasteiger partial charge in [-0.3, -0.25) is 14.6 Å². The average molecular weight is 569 g/mol. The molecule has 0 aromatic heterocycles. The van der Waals surface area contributed by atoms with E-state index in [0.717, 1.165) is 16.1 Å². The molecule has 1 N–H and O–H groups in total. The van der Waals surface area contributed by atoms with Crippen molar-refractivity contribution in [2.45, 2.75) is 24.7 Å². The largest absolute Gasteiger partial charge is 0.405 e. The van der Waals surface area contributed by atoms with Crippen molar-refractivity contribution < 1.29 is 35.9 Å². The van der Waals surface area contributed by atoms with Crippen molar-refractivity contribution in [1.82, 2.24) is 10.2 Å². The zero-order valence-electron chi connectivity index (χ0n) is 19.3. The predicted octanol–water partition coefficient (Wildman–Crippen LogP) is 5.36. The number of hydrazone groups is 1. The van der Waals surface area contributed by atoms with Gasteiger partial charge in [-0.25, -0.2) is 0 Å². The van der Waals surface area contributed by atoms with E-state index in [4.69, 9.17) is 23.2 Å². The smallest absolute Gasteiger partial charge is 0.345 e. The van der Waals surface area contributed by atoms with Crippen LogP contribution in [0.5, 0.6) is 0 Å². The molecule has 0 spiro atoms. The van der Waals surface area contributed by atoms with Gasteiger partial charge in [-0.1, -0.05) is 23.2 Å². The van der Waals surface area contributed by atoms with Crippen LogP contribution in [0.15, 0.2) is 41.5 Å². The van der Waals surface area contributed by atoms with E-state index in [1.54, 1.807) is 5.32 Å². The van der Waals surface area contributed by atoms with Crippen molar-refractivity contribution in [3.05, 3.63) is 63.1 Å². The zero-order chi connectivity index (χ0) is 27.8. The monoisotopic (exact) mass is 568 g/mol. The summed E-state index contributed by atoms with van der Waals surface area (Å²) in [4.78, 5) is 25.4. The molecular formula is C23H20Cl2F6N4O2. The standard InChI is InChI=1S/C23H20Cl2F6N4O2/c1-13-5-17(3-4-18(13)20(37)34(2)9-19(36)32-11-22(26,27)28)35-12-21(10-33-35,23(29,30)31)14-6-15(24)8-16(25)7-14/h3-8,10H,9,11-12H2,1-2H3,(H,32,36). The molecular weight excluding hydrogens is 549 g/mol. The maximum atomic E-state index is 14.3. The molecule has 0 saturated carbocycles. The molecule has 1 unspecified atom stereocenters. The number of anilines is 1. The zero-order valence-corrected chi connectivity index (χ0v) is 20.9. The van der Waals surface area contributed by atoms with Crippen molar-refractivity contribution in [1.29, 1.82) is 0 Å². The van der Waals surface area contributed by atoms with E-state index in [1.165, 1.54) is 50.4 Å². The van der Waals surface area contributed by atoms with Gasteiger partial charge in [0.1, 0.15) is 12.0 Å². The third kappa shape index (κ3) is 6.48. The van der Waals surface area contributed by atoms with Crippen LogP contribution >= 0.6 is 23.2 Å². The summed E-state index contributed by atoms with van der Waals surface area (Å²) in [6.07, 6.45) is -8.55. The molecule has 1 aliphatic heterocycles. The highest BCUT2D eigenvalue weighted by molar-refractivity contribution is 6.34. The Kier molecular flexibility index (Phi) is 8.04. The summed E-state index contributed by atoms with van der Waals surface area (Å²) in [6.45, 7) is -1.23. The molecule has 1 atom stereocenters. The predicted molar refractivity (Wildman–Crippen MR) is 127 cm³/mol. The van der Waals surface area contributed by atoms with E-state index in [0.29, 0.717) is 5.56 Å². The summed E-state index contributed by atoms with van der Waals surface area (Å²) < 4.78 is 79.6. The minimum atomic E-state index is -4.74. The Morgan fingerprint density at radius 3 is 2.24 bits per heavy atom. The van der Waals surface area contributed by atoms with Crippen LogP contribution in [0.2, 0.25) is 10.0 Å². The summed E-state index contributed by atoms with van der Waals surface area (Å²) in [7, 11) is 1.24. The first-order valence-electron chi connectivity index (χ1n) is 10.6. The first-order valence-corrected chi connectivity index (χ1v) is 11.3. The van der Waals surface area contributed by atoms with Crippen molar-refractivity contribution in [2.75, 3.05) is 31.7 Å². The van der Waals surface area contributed by atoms with E-state index in [1.807, 2.05) is 0 Å². The minimum absolute atomic E-state index is 0.0351. The third-order valence-corrected chi connectivity index (χ3v) is 6.09. The Bertz CT molecular complexity index is 1210. The number of aryl methyl sites for hydroxylation is 1. The summed E-state index contributed by atoms with van der Waals surface area (Å²) in [6, 6.07) is 7.83. The molecule has 6 nitrogen and oxygen atoms in total. The van der Waals surface area contributed by atoms with Crippen LogP contribution in [0.25, 0.3) is 0 Å². The van der Waals surface area contributed by atoms with Gasteiger partial charge in [-0.15, -0.1) is 0 Å². The van der Waals surface area contributed by atoms with Crippen LogP contribution in [-0.4, -0.2) is 62.0 Å². The lowest BCUT2D eigenvalue weighted by Gasteiger charge is -2.31. The number of nitrogens with zero attached hydrogens (tertiary/aromatic N) is 3. The van der Waals surface area contributed by atoms with E-state index < -0.39 is 49.2 Å². The van der Waals surface area contributed by atoms with Gasteiger partial charge in [-0.05, 0) is 54.4 Å². The highest BCUT2D eigenvalue weighted by Crippen LogP contribution is 2.45. The summed E-state index contributed by atoms with van der Waals surface area (Å²) in [5.74, 6) is -1.66. The molecule has 2 amide bonds. The van der Waals surface area contributed by atoms with E-state index in [2.05, 4.69) is 5.10 Å². The van der Waals surface area contributed by atoms with Crippen molar-refractivity contribution in [3.8, 4) is 0 Å². The normalized spacial score (nSPS) is 17.7. The number of rotatable bonds is 6. The van der Waals surface area contributed by atoms with Gasteiger partial charge < -0.3 is 10.2 Å². The maximum Gasteiger partial charge on any atom is 0.405 e. The average Bonchev–Trinajstić information content (AvgIpc) is 3.23. The van der Waals surface area contributed by atoms with Gasteiger partial charge in [0.2, 0.25) is 5.91 Å². The molecule has 3 rings (SSSR count). The Labute approximate surface area is 217 Å². The minimum Gasteiger partial charge on any atom is -0.345 e. The number of carbonyl (C=O) groups is 2. The maximum absolute atomic E-state index is 14.3. The summed E-state index contributed by atoms with van der Waals surface area (Å²) in [5.41, 5.74) is -1.95. The molecule has 0 aliphatic carbocycles. The second kappa shape index (κ2) is 10.4. The van der Waals surface area contributed by atoms with Crippen LogP contribution < -0.4 is 10.3 Å². The fourth-order valence-electron chi connectivity index (χ4n) is 3.74. The molecule has 2 aromatic carbocycles. The van der Waals surface area contributed by atoms with Gasteiger partial charge >= 0.3 is 12.4 Å². The fourth-order valence-corrected chi connectivity index (χ4v) is 4.27. The van der Waals surface area contributed by atoms with Crippen molar-refractivity contribution >= 4 is 46.9 Å². The molecule has 0 saturated heterocycles. The molecule has 14 heteroatoms. The van der Waals surface area contributed by atoms with E-state index in [9.17, 15) is 35.9 Å². The highest BCUT2D eigenvalue weighted by atomic mass is 35.5. The number of amides is 2. The number of hydrogen-bond donors (Lipinski definition) is 1. The van der Waals surface area contributed by atoms with Gasteiger partial charge in [0.25, 0.3) is 5.91 Å². The number of halogens is 8. The van der Waals surface area contributed by atoms with Crippen molar-refractivity contribution in [2.24, 2.45) is 5.10 Å². The second-order valence-electron chi connectivity index (χ2n) is 8.48. The third-order valence-electron chi connectivity index (χ3n) is 5.65. The topological polar surface area (TPSA) is 65.0 Å². The number of benzene rings is 2. The van der Waals surface area contributed by atoms with Crippen LogP contribution in [0.1, 0.15) is 21.5 Å². The number of nitrogens with one attached hydrogen (secondary N) is 1. The fraction of sp³-hybridized carbons (Fsp3) is 0.348. The first kappa shape index (κ1) is 28.6. The Balaban J connectivity index is 1.79. The lowest BCUT2D eigenvalue weighted by atomic mass is 9.81. The molecule has 2 aromatic rings. The second-order valence-corrected chi connectivity index (χ2v) is 9.35. The highest BCUT2D eigenvalue weighted by Gasteiger charge is 2.58.